The average Bonchev–Trinajstić information content (AvgIpc) is 3.00. The van der Waals surface area contributed by atoms with Crippen LogP contribution in [0.3, 0.4) is 0 Å². The molecule has 0 N–H and O–H groups in total. The van der Waals surface area contributed by atoms with Crippen LogP contribution in [0.15, 0.2) is 12.4 Å². The Hall–Kier alpha value is -2.18. The first-order chi connectivity index (χ1) is 9.97. The minimum absolute atomic E-state index is 0.293. The molecule has 0 aliphatic rings. The quantitative estimate of drug-likeness (QED) is 0.752. The Kier molecular flexibility index (Phi) is 4.72. The normalized spacial score (nSPS) is 11.1. The van der Waals surface area contributed by atoms with E-state index in [0.717, 1.165) is 17.7 Å². The van der Waals surface area contributed by atoms with Gasteiger partial charge in [-0.15, -0.1) is 5.10 Å². The van der Waals surface area contributed by atoms with Crippen molar-refractivity contribution in [2.24, 2.45) is 13.0 Å². The van der Waals surface area contributed by atoms with Gasteiger partial charge >= 0.3 is 5.97 Å². The van der Waals surface area contributed by atoms with Gasteiger partial charge in [0.2, 0.25) is 0 Å². The molecule has 0 bridgehead atoms. The molecule has 0 saturated carbocycles. The number of carbonyl (C=O) groups excluding carboxylic acids is 1. The topological polar surface area (TPSA) is 74.8 Å². The second-order valence-corrected chi connectivity index (χ2v) is 5.51. The number of ether oxygens (including phenoxy) is 1. The summed E-state index contributed by atoms with van der Waals surface area (Å²) in [6.45, 7) is 6.85. The summed E-state index contributed by atoms with van der Waals surface area (Å²) in [6.07, 6.45) is 4.58. The van der Waals surface area contributed by atoms with Crippen molar-refractivity contribution in [1.82, 2.24) is 24.8 Å². The summed E-state index contributed by atoms with van der Waals surface area (Å²) >= 11 is 0. The van der Waals surface area contributed by atoms with Crippen LogP contribution in [0.5, 0.6) is 0 Å². The fraction of sp³-hybridized carbons (Fsp3) is 0.571. The molecule has 0 aliphatic carbocycles. The van der Waals surface area contributed by atoms with Crippen LogP contribution < -0.4 is 0 Å². The number of carbonyl (C=O) groups is 1. The molecule has 7 nitrogen and oxygen atoms in total. The van der Waals surface area contributed by atoms with Gasteiger partial charge in [0.15, 0.2) is 5.69 Å². The van der Waals surface area contributed by atoms with Gasteiger partial charge in [0.25, 0.3) is 0 Å². The van der Waals surface area contributed by atoms with Gasteiger partial charge in [-0.1, -0.05) is 19.1 Å². The number of aryl methyl sites for hydroxylation is 3. The first-order valence-electron chi connectivity index (χ1n) is 7.02. The van der Waals surface area contributed by atoms with Crippen LogP contribution in [-0.4, -0.2) is 37.4 Å². The van der Waals surface area contributed by atoms with Crippen LogP contribution in [0.4, 0.5) is 0 Å². The number of rotatable bonds is 6. The molecule has 21 heavy (non-hydrogen) atoms. The van der Waals surface area contributed by atoms with E-state index in [1.165, 1.54) is 0 Å². The lowest BCUT2D eigenvalue weighted by molar-refractivity contribution is 0.0451. The van der Waals surface area contributed by atoms with E-state index in [-0.39, 0.29) is 0 Å². The first-order valence-corrected chi connectivity index (χ1v) is 7.02. The Labute approximate surface area is 123 Å². The third kappa shape index (κ3) is 3.90. The maximum atomic E-state index is 11.9. The van der Waals surface area contributed by atoms with Crippen molar-refractivity contribution >= 4 is 5.97 Å². The van der Waals surface area contributed by atoms with Gasteiger partial charge in [-0.25, -0.2) is 9.48 Å². The van der Waals surface area contributed by atoms with E-state index in [0.29, 0.717) is 24.8 Å². The summed E-state index contributed by atoms with van der Waals surface area (Å²) in [5.74, 6) is -0.108. The third-order valence-corrected chi connectivity index (χ3v) is 3.09. The van der Waals surface area contributed by atoms with Crippen LogP contribution in [0.25, 0.3) is 0 Å². The molecule has 2 rings (SSSR count). The molecule has 0 spiro atoms. The molecule has 0 unspecified atom stereocenters. The standard InChI is InChI=1S/C14H21N5O2/c1-10(2)9-21-14(20)13-11(3)19(17-16-13)6-5-12-7-15-18(4)8-12/h7-8,10H,5-6,9H2,1-4H3. The number of hydrogen-bond acceptors (Lipinski definition) is 5. The van der Waals surface area contributed by atoms with Crippen LogP contribution in [0.1, 0.15) is 35.6 Å². The van der Waals surface area contributed by atoms with Crippen molar-refractivity contribution in [3.8, 4) is 0 Å². The number of esters is 1. The Morgan fingerprint density at radius 1 is 1.43 bits per heavy atom. The average molecular weight is 291 g/mol. The zero-order chi connectivity index (χ0) is 15.4. The van der Waals surface area contributed by atoms with E-state index >= 15 is 0 Å². The summed E-state index contributed by atoms with van der Waals surface area (Å²) in [5, 5.41) is 12.1. The fourth-order valence-electron chi connectivity index (χ4n) is 1.91. The smallest absolute Gasteiger partial charge is 0.360 e. The van der Waals surface area contributed by atoms with Crippen LogP contribution in [-0.2, 0) is 24.8 Å². The predicted molar refractivity (Wildman–Crippen MR) is 76.8 cm³/mol. The van der Waals surface area contributed by atoms with Crippen LogP contribution in [0, 0.1) is 12.8 Å². The van der Waals surface area contributed by atoms with Crippen molar-refractivity contribution < 1.29 is 9.53 Å². The van der Waals surface area contributed by atoms with Gasteiger partial charge in [-0.2, -0.15) is 5.10 Å². The second-order valence-electron chi connectivity index (χ2n) is 5.51. The summed E-state index contributed by atoms with van der Waals surface area (Å²) < 4.78 is 8.67. The molecular formula is C14H21N5O2. The number of hydrogen-bond donors (Lipinski definition) is 0. The Morgan fingerprint density at radius 2 is 2.19 bits per heavy atom. The molecular weight excluding hydrogens is 270 g/mol. The van der Waals surface area contributed by atoms with Crippen LogP contribution >= 0.6 is 0 Å². The molecule has 0 amide bonds. The van der Waals surface area contributed by atoms with Crippen molar-refractivity contribution in [1.29, 1.82) is 0 Å². The van der Waals surface area contributed by atoms with E-state index in [1.807, 2.05) is 40.2 Å². The van der Waals surface area contributed by atoms with E-state index < -0.39 is 5.97 Å². The van der Waals surface area contributed by atoms with E-state index in [2.05, 4.69) is 15.4 Å². The van der Waals surface area contributed by atoms with Gasteiger partial charge in [0.05, 0.1) is 18.5 Å². The van der Waals surface area contributed by atoms with Gasteiger partial charge in [0.1, 0.15) is 0 Å². The highest BCUT2D eigenvalue weighted by Gasteiger charge is 2.18. The maximum absolute atomic E-state index is 11.9. The minimum atomic E-state index is -0.408. The highest BCUT2D eigenvalue weighted by Crippen LogP contribution is 2.08. The largest absolute Gasteiger partial charge is 0.461 e. The van der Waals surface area contributed by atoms with E-state index in [1.54, 1.807) is 9.36 Å². The monoisotopic (exact) mass is 291 g/mol. The fourth-order valence-corrected chi connectivity index (χ4v) is 1.91. The van der Waals surface area contributed by atoms with Gasteiger partial charge in [0, 0.05) is 19.8 Å². The van der Waals surface area contributed by atoms with Crippen molar-refractivity contribution in [3.05, 3.63) is 29.3 Å². The Balaban J connectivity index is 1.98. The predicted octanol–water partition coefficient (Wildman–Crippen LogP) is 1.38. The molecule has 0 fully saturated rings. The molecule has 0 atom stereocenters. The highest BCUT2D eigenvalue weighted by molar-refractivity contribution is 5.88. The second kappa shape index (κ2) is 6.51. The SMILES string of the molecule is Cc1c(C(=O)OCC(C)C)nnn1CCc1cnn(C)c1. The summed E-state index contributed by atoms with van der Waals surface area (Å²) in [5.41, 5.74) is 2.14. The van der Waals surface area contributed by atoms with Gasteiger partial charge in [-0.05, 0) is 24.8 Å². The molecule has 0 aliphatic heterocycles. The van der Waals surface area contributed by atoms with Crippen LogP contribution in [0.2, 0.25) is 0 Å². The first kappa shape index (κ1) is 15.2. The molecule has 2 aromatic heterocycles. The van der Waals surface area contributed by atoms with Crippen molar-refractivity contribution in [3.63, 3.8) is 0 Å². The molecule has 0 radical (unpaired) electrons. The molecule has 0 saturated heterocycles. The summed E-state index contributed by atoms with van der Waals surface area (Å²) in [6, 6.07) is 0. The molecule has 114 valence electrons. The van der Waals surface area contributed by atoms with E-state index in [9.17, 15) is 4.79 Å². The Morgan fingerprint density at radius 3 is 2.81 bits per heavy atom. The maximum Gasteiger partial charge on any atom is 0.360 e. The Bertz CT molecular complexity index is 615. The number of nitrogens with zero attached hydrogens (tertiary/aromatic N) is 5. The van der Waals surface area contributed by atoms with Gasteiger partial charge < -0.3 is 4.74 Å². The highest BCUT2D eigenvalue weighted by atomic mass is 16.5. The number of aromatic nitrogens is 5. The summed E-state index contributed by atoms with van der Waals surface area (Å²) in [4.78, 5) is 11.9. The van der Waals surface area contributed by atoms with E-state index in [4.69, 9.17) is 4.74 Å². The molecule has 7 heteroatoms. The lowest BCUT2D eigenvalue weighted by Gasteiger charge is -2.06. The molecule has 2 aromatic rings. The third-order valence-electron chi connectivity index (χ3n) is 3.09. The molecule has 0 aromatic carbocycles. The lowest BCUT2D eigenvalue weighted by atomic mass is 10.2. The zero-order valence-corrected chi connectivity index (χ0v) is 12.9. The zero-order valence-electron chi connectivity index (χ0n) is 12.9. The lowest BCUT2D eigenvalue weighted by Crippen LogP contribution is -2.12. The molecule has 2 heterocycles. The van der Waals surface area contributed by atoms with Gasteiger partial charge in [-0.3, -0.25) is 4.68 Å². The summed E-state index contributed by atoms with van der Waals surface area (Å²) in [7, 11) is 1.88. The van der Waals surface area contributed by atoms with Crippen molar-refractivity contribution in [2.45, 2.75) is 33.7 Å². The van der Waals surface area contributed by atoms with Crippen molar-refractivity contribution in [2.75, 3.05) is 6.61 Å². The minimum Gasteiger partial charge on any atom is -0.461 e.